The summed E-state index contributed by atoms with van der Waals surface area (Å²) in [7, 11) is 0. The van der Waals surface area contributed by atoms with E-state index in [2.05, 4.69) is 0 Å². The Morgan fingerprint density at radius 1 is 0.619 bits per heavy atom. The van der Waals surface area contributed by atoms with E-state index in [-0.39, 0.29) is 5.69 Å². The van der Waals surface area contributed by atoms with Crippen molar-refractivity contribution in [2.24, 2.45) is 0 Å². The molecule has 0 aliphatic carbocycles. The van der Waals surface area contributed by atoms with Gasteiger partial charge in [-0.05, 0) is 12.1 Å². The van der Waals surface area contributed by atoms with Gasteiger partial charge < -0.3 is 11.1 Å². The van der Waals surface area contributed by atoms with Crippen LogP contribution in [0.2, 0.25) is 0 Å². The molecular weight excluding hydrogens is 305 g/mol. The molecule has 0 unspecified atom stereocenters. The summed E-state index contributed by atoms with van der Waals surface area (Å²) < 4.78 is 92.4. The van der Waals surface area contributed by atoms with Crippen LogP contribution in [0.4, 0.5) is 47.8 Å². The number of hydrogen-bond donors (Lipinski definition) is 2. The van der Waals surface area contributed by atoms with Gasteiger partial charge in [-0.3, -0.25) is 0 Å². The molecule has 0 spiro atoms. The number of rotatable bonds is 2. The second kappa shape index (κ2) is 5.15. The molecule has 0 heterocycles. The lowest BCUT2D eigenvalue weighted by Gasteiger charge is -2.12. The molecule has 3 N–H and O–H groups in total. The minimum absolute atomic E-state index is 0.326. The first-order valence-electron chi connectivity index (χ1n) is 5.27. The van der Waals surface area contributed by atoms with E-state index in [1.54, 1.807) is 0 Å². The van der Waals surface area contributed by atoms with Gasteiger partial charge in [-0.1, -0.05) is 0 Å². The van der Waals surface area contributed by atoms with E-state index in [0.29, 0.717) is 12.1 Å². The first-order valence-corrected chi connectivity index (χ1v) is 5.27. The van der Waals surface area contributed by atoms with E-state index in [0.717, 1.165) is 0 Å². The van der Waals surface area contributed by atoms with Gasteiger partial charge in [0.25, 0.3) is 0 Å². The number of nitrogens with two attached hydrogens (primary N) is 1. The molecule has 0 fully saturated rings. The SMILES string of the molecule is Nc1cc(F)c(Nc2c(F)c(F)c(F)c(F)c2F)c(F)c1. The lowest BCUT2D eigenvalue weighted by molar-refractivity contribution is 0.382. The second-order valence-corrected chi connectivity index (χ2v) is 3.93. The fourth-order valence-electron chi connectivity index (χ4n) is 1.55. The monoisotopic (exact) mass is 310 g/mol. The molecule has 9 heteroatoms. The van der Waals surface area contributed by atoms with Crippen molar-refractivity contribution >= 4 is 17.1 Å². The van der Waals surface area contributed by atoms with Crippen LogP contribution in [0.3, 0.4) is 0 Å². The molecule has 2 rings (SSSR count). The second-order valence-electron chi connectivity index (χ2n) is 3.93. The van der Waals surface area contributed by atoms with Crippen molar-refractivity contribution < 1.29 is 30.7 Å². The molecule has 2 aromatic rings. The Labute approximate surface area is 113 Å². The van der Waals surface area contributed by atoms with Crippen LogP contribution in [0.15, 0.2) is 12.1 Å². The third-order valence-corrected chi connectivity index (χ3v) is 2.52. The Hall–Kier alpha value is -2.45. The Morgan fingerprint density at radius 2 is 1.00 bits per heavy atom. The predicted molar refractivity (Wildman–Crippen MR) is 60.3 cm³/mol. The van der Waals surface area contributed by atoms with E-state index in [1.165, 1.54) is 5.32 Å². The normalized spacial score (nSPS) is 10.8. The lowest BCUT2D eigenvalue weighted by atomic mass is 10.2. The highest BCUT2D eigenvalue weighted by Crippen LogP contribution is 2.32. The number of nitrogen functional groups attached to an aromatic ring is 1. The van der Waals surface area contributed by atoms with Crippen LogP contribution in [0, 0.1) is 40.7 Å². The minimum Gasteiger partial charge on any atom is -0.399 e. The number of benzene rings is 2. The molecule has 0 atom stereocenters. The van der Waals surface area contributed by atoms with Gasteiger partial charge in [0, 0.05) is 5.69 Å². The molecule has 0 amide bonds. The summed E-state index contributed by atoms with van der Waals surface area (Å²) in [6.07, 6.45) is 0. The van der Waals surface area contributed by atoms with Gasteiger partial charge in [-0.25, -0.2) is 30.7 Å². The Morgan fingerprint density at radius 3 is 1.43 bits per heavy atom. The average molecular weight is 310 g/mol. The third kappa shape index (κ3) is 2.46. The summed E-state index contributed by atoms with van der Waals surface area (Å²) in [5.41, 5.74) is 2.12. The maximum atomic E-state index is 13.5. The van der Waals surface area contributed by atoms with Gasteiger partial charge in [0.15, 0.2) is 34.9 Å². The molecule has 112 valence electrons. The summed E-state index contributed by atoms with van der Waals surface area (Å²) in [5, 5.41) is 1.51. The van der Waals surface area contributed by atoms with Crippen LogP contribution in [0.1, 0.15) is 0 Å². The zero-order valence-corrected chi connectivity index (χ0v) is 9.88. The maximum absolute atomic E-state index is 13.5. The first kappa shape index (κ1) is 14.9. The van der Waals surface area contributed by atoms with Gasteiger partial charge in [0.1, 0.15) is 11.4 Å². The standard InChI is InChI=1S/C12H5F7N2/c13-4-1-3(20)2-5(14)11(4)21-12-9(18)7(16)6(15)8(17)10(12)19/h1-2,21H,20H2. The summed E-state index contributed by atoms with van der Waals surface area (Å²) in [5.74, 6) is -14.1. The van der Waals surface area contributed by atoms with Gasteiger partial charge in [-0.2, -0.15) is 0 Å². The van der Waals surface area contributed by atoms with Crippen LogP contribution < -0.4 is 11.1 Å². The van der Waals surface area contributed by atoms with E-state index in [1.807, 2.05) is 0 Å². The fraction of sp³-hybridized carbons (Fsp3) is 0. The van der Waals surface area contributed by atoms with Gasteiger partial charge >= 0.3 is 0 Å². The number of anilines is 3. The highest BCUT2D eigenvalue weighted by Gasteiger charge is 2.27. The van der Waals surface area contributed by atoms with Crippen LogP contribution in [0.5, 0.6) is 0 Å². The largest absolute Gasteiger partial charge is 0.399 e. The summed E-state index contributed by atoms with van der Waals surface area (Å²) in [4.78, 5) is 0. The third-order valence-electron chi connectivity index (χ3n) is 2.52. The van der Waals surface area contributed by atoms with Crippen molar-refractivity contribution in [1.82, 2.24) is 0 Å². The van der Waals surface area contributed by atoms with Crippen molar-refractivity contribution in [2.45, 2.75) is 0 Å². The molecular formula is C12H5F7N2. The average Bonchev–Trinajstić information content (AvgIpc) is 2.41. The van der Waals surface area contributed by atoms with Crippen LogP contribution in [0.25, 0.3) is 0 Å². The van der Waals surface area contributed by atoms with E-state index in [4.69, 9.17) is 5.73 Å². The van der Waals surface area contributed by atoms with Crippen molar-refractivity contribution in [3.8, 4) is 0 Å². The molecule has 0 aromatic heterocycles. The van der Waals surface area contributed by atoms with E-state index >= 15 is 0 Å². The minimum atomic E-state index is -2.38. The summed E-state index contributed by atoms with van der Waals surface area (Å²) in [6.45, 7) is 0. The zero-order valence-electron chi connectivity index (χ0n) is 9.88. The van der Waals surface area contributed by atoms with Gasteiger partial charge in [-0.15, -0.1) is 0 Å². The summed E-state index contributed by atoms with van der Waals surface area (Å²) >= 11 is 0. The lowest BCUT2D eigenvalue weighted by Crippen LogP contribution is -2.09. The molecule has 0 aliphatic heterocycles. The van der Waals surface area contributed by atoms with Crippen LogP contribution in [-0.2, 0) is 0 Å². The van der Waals surface area contributed by atoms with Crippen molar-refractivity contribution in [1.29, 1.82) is 0 Å². The van der Waals surface area contributed by atoms with Crippen molar-refractivity contribution in [3.63, 3.8) is 0 Å². The smallest absolute Gasteiger partial charge is 0.200 e. The highest BCUT2D eigenvalue weighted by atomic mass is 19.2. The Kier molecular flexibility index (Phi) is 3.67. The highest BCUT2D eigenvalue weighted by molar-refractivity contribution is 5.64. The fourth-order valence-corrected chi connectivity index (χ4v) is 1.55. The molecule has 0 radical (unpaired) electrons. The molecule has 0 bridgehead atoms. The predicted octanol–water partition coefficient (Wildman–Crippen LogP) is 3.99. The van der Waals surface area contributed by atoms with E-state index in [9.17, 15) is 30.7 Å². The molecule has 2 aromatic carbocycles. The van der Waals surface area contributed by atoms with Crippen molar-refractivity contribution in [2.75, 3.05) is 11.1 Å². The Bertz CT molecular complexity index is 678. The quantitative estimate of drug-likeness (QED) is 0.381. The molecule has 0 saturated heterocycles. The number of halogens is 7. The van der Waals surface area contributed by atoms with Crippen LogP contribution in [-0.4, -0.2) is 0 Å². The van der Waals surface area contributed by atoms with E-state index < -0.39 is 52.1 Å². The van der Waals surface area contributed by atoms with Crippen molar-refractivity contribution in [3.05, 3.63) is 52.9 Å². The first-order chi connectivity index (χ1) is 9.73. The molecule has 0 saturated carbocycles. The molecule has 0 aliphatic rings. The number of hydrogen-bond acceptors (Lipinski definition) is 2. The molecule has 2 nitrogen and oxygen atoms in total. The summed E-state index contributed by atoms with van der Waals surface area (Å²) in [6, 6.07) is 1.22. The number of nitrogens with one attached hydrogen (secondary N) is 1. The molecule has 21 heavy (non-hydrogen) atoms. The van der Waals surface area contributed by atoms with Gasteiger partial charge in [0.05, 0.1) is 0 Å². The topological polar surface area (TPSA) is 38.0 Å². The maximum Gasteiger partial charge on any atom is 0.200 e. The zero-order chi connectivity index (χ0) is 15.9. The van der Waals surface area contributed by atoms with Gasteiger partial charge in [0.2, 0.25) is 5.82 Å². The van der Waals surface area contributed by atoms with Crippen LogP contribution >= 0.6 is 0 Å². The Balaban J connectivity index is 2.61.